The van der Waals surface area contributed by atoms with E-state index in [1.807, 2.05) is 0 Å². The molecular formula is C5H11OTa. The number of hydrogen-bond donors (Lipinski definition) is 0. The first-order valence-corrected chi connectivity index (χ1v) is 3.99. The molecule has 0 spiro atoms. The minimum atomic E-state index is 0.974. The maximum absolute atomic E-state index is 4.96. The van der Waals surface area contributed by atoms with Crippen LogP contribution in [0.25, 0.3) is 0 Å². The average Bonchev–Trinajstić information content (AvgIpc) is 1.69. The topological polar surface area (TPSA) is 9.23 Å². The van der Waals surface area contributed by atoms with E-state index >= 15 is 0 Å². The first-order valence-electron chi connectivity index (χ1n) is 2.68. The zero-order valence-corrected chi connectivity index (χ0v) is 7.90. The summed E-state index contributed by atoms with van der Waals surface area (Å²) < 4.78 is 4.96. The molecule has 7 heavy (non-hydrogen) atoms. The Morgan fingerprint density at radius 2 is 2.14 bits per heavy atom. The zero-order chi connectivity index (χ0) is 5.54. The van der Waals surface area contributed by atoms with Gasteiger partial charge in [-0.3, -0.25) is 0 Å². The minimum absolute atomic E-state index is 0.974. The van der Waals surface area contributed by atoms with Gasteiger partial charge in [-0.05, 0) is 0 Å². The van der Waals surface area contributed by atoms with Gasteiger partial charge < -0.3 is 0 Å². The van der Waals surface area contributed by atoms with Gasteiger partial charge in [0.15, 0.2) is 0 Å². The fraction of sp³-hybridized carbons (Fsp3) is 1.00. The van der Waals surface area contributed by atoms with Gasteiger partial charge in [0.1, 0.15) is 0 Å². The van der Waals surface area contributed by atoms with Crippen LogP contribution in [-0.4, -0.2) is 6.61 Å². The molecule has 0 unspecified atom stereocenters. The molecule has 0 heterocycles. The Balaban J connectivity index is 2.45. The van der Waals surface area contributed by atoms with E-state index in [1.54, 1.807) is 0 Å². The molecule has 0 rings (SSSR count). The fourth-order valence-electron chi connectivity index (χ4n) is 0.417. The van der Waals surface area contributed by atoms with Gasteiger partial charge in [-0.25, -0.2) is 0 Å². The van der Waals surface area contributed by atoms with E-state index in [1.165, 1.54) is 19.3 Å². The van der Waals surface area contributed by atoms with Crippen LogP contribution in [0.5, 0.6) is 0 Å². The van der Waals surface area contributed by atoms with Crippen molar-refractivity contribution < 1.29 is 24.7 Å². The Morgan fingerprint density at radius 3 is 2.57 bits per heavy atom. The van der Waals surface area contributed by atoms with E-state index in [4.69, 9.17) is 3.24 Å². The van der Waals surface area contributed by atoms with Gasteiger partial charge >= 0.3 is 57.5 Å². The van der Waals surface area contributed by atoms with Crippen molar-refractivity contribution in [2.24, 2.45) is 0 Å². The standard InChI is InChI=1S/C5H11O.Ta/c1-2-3-4-5-6;/h2-5H2,1H3;/q-1;+1. The molecule has 0 aromatic heterocycles. The summed E-state index contributed by atoms with van der Waals surface area (Å²) >= 11 is 1.07. The normalized spacial score (nSPS) is 9.29. The molecule has 0 saturated carbocycles. The summed E-state index contributed by atoms with van der Waals surface area (Å²) in [7, 11) is 0. The molecule has 0 bridgehead atoms. The molecule has 0 saturated heterocycles. The molecule has 0 atom stereocenters. The predicted octanol–water partition coefficient (Wildman–Crippen LogP) is 1.66. The van der Waals surface area contributed by atoms with Gasteiger partial charge in [-0.2, -0.15) is 0 Å². The summed E-state index contributed by atoms with van der Waals surface area (Å²) in [6, 6.07) is 0. The van der Waals surface area contributed by atoms with Crippen LogP contribution in [0.2, 0.25) is 0 Å². The Morgan fingerprint density at radius 1 is 1.43 bits per heavy atom. The number of hydrogen-bond acceptors (Lipinski definition) is 1. The number of unbranched alkanes of at least 4 members (excludes halogenated alkanes) is 2. The number of rotatable bonds is 4. The van der Waals surface area contributed by atoms with Crippen LogP contribution in [0.4, 0.5) is 0 Å². The van der Waals surface area contributed by atoms with E-state index in [0.717, 1.165) is 28.1 Å². The maximum atomic E-state index is 4.96. The van der Waals surface area contributed by atoms with Gasteiger partial charge in [0.2, 0.25) is 0 Å². The van der Waals surface area contributed by atoms with E-state index in [9.17, 15) is 0 Å². The Labute approximate surface area is 57.8 Å². The van der Waals surface area contributed by atoms with Crippen molar-refractivity contribution in [3.05, 3.63) is 0 Å². The van der Waals surface area contributed by atoms with Crippen molar-refractivity contribution in [3.63, 3.8) is 0 Å². The molecule has 0 aliphatic heterocycles. The van der Waals surface area contributed by atoms with Crippen molar-refractivity contribution in [1.82, 2.24) is 0 Å². The second kappa shape index (κ2) is 6.70. The van der Waals surface area contributed by atoms with Crippen LogP contribution in [0.3, 0.4) is 0 Å². The van der Waals surface area contributed by atoms with E-state index < -0.39 is 0 Å². The van der Waals surface area contributed by atoms with Crippen LogP contribution in [-0.2, 0) is 24.7 Å². The van der Waals surface area contributed by atoms with Gasteiger partial charge in [-0.1, -0.05) is 0 Å². The first-order chi connectivity index (χ1) is 3.41. The van der Waals surface area contributed by atoms with Crippen LogP contribution in [0, 0.1) is 0 Å². The summed E-state index contributed by atoms with van der Waals surface area (Å²) in [5, 5.41) is 0. The van der Waals surface area contributed by atoms with Crippen LogP contribution in [0.15, 0.2) is 0 Å². The molecule has 0 aromatic rings. The molecule has 0 amide bonds. The second-order valence-electron chi connectivity index (χ2n) is 1.54. The zero-order valence-electron chi connectivity index (χ0n) is 4.68. The summed E-state index contributed by atoms with van der Waals surface area (Å²) in [4.78, 5) is 0. The predicted molar refractivity (Wildman–Crippen MR) is 25.5 cm³/mol. The van der Waals surface area contributed by atoms with Crippen LogP contribution >= 0.6 is 0 Å². The van der Waals surface area contributed by atoms with Gasteiger partial charge in [-0.15, -0.1) is 0 Å². The first kappa shape index (κ1) is 7.70. The fourth-order valence-corrected chi connectivity index (χ4v) is 0.880. The van der Waals surface area contributed by atoms with Crippen LogP contribution < -0.4 is 0 Å². The third-order valence-electron chi connectivity index (χ3n) is 0.839. The summed E-state index contributed by atoms with van der Waals surface area (Å²) in [5.74, 6) is 0. The Bertz CT molecular complexity index is 27.3. The SMILES string of the molecule is CCCCC[O][Ta]. The molecule has 0 aliphatic carbocycles. The molecule has 0 aliphatic rings. The summed E-state index contributed by atoms with van der Waals surface area (Å²) in [5.41, 5.74) is 0. The summed E-state index contributed by atoms with van der Waals surface area (Å²) in [6.07, 6.45) is 3.85. The summed E-state index contributed by atoms with van der Waals surface area (Å²) in [6.45, 7) is 3.17. The molecule has 1 nitrogen and oxygen atoms in total. The molecule has 42 valence electrons. The molecular weight excluding hydrogens is 257 g/mol. The Hall–Kier alpha value is 0.700. The monoisotopic (exact) mass is 268 g/mol. The molecule has 0 radical (unpaired) electrons. The Kier molecular flexibility index (Phi) is 7.37. The third kappa shape index (κ3) is 6.70. The van der Waals surface area contributed by atoms with Gasteiger partial charge in [0.05, 0.1) is 0 Å². The quantitative estimate of drug-likeness (QED) is 0.704. The van der Waals surface area contributed by atoms with Crippen molar-refractivity contribution in [3.8, 4) is 0 Å². The molecule has 2 heteroatoms. The van der Waals surface area contributed by atoms with E-state index in [-0.39, 0.29) is 0 Å². The van der Waals surface area contributed by atoms with Crippen molar-refractivity contribution in [2.45, 2.75) is 26.2 Å². The third-order valence-corrected chi connectivity index (χ3v) is 1.50. The van der Waals surface area contributed by atoms with Crippen molar-refractivity contribution in [1.29, 1.82) is 0 Å². The van der Waals surface area contributed by atoms with Crippen LogP contribution in [0.1, 0.15) is 26.2 Å². The van der Waals surface area contributed by atoms with E-state index in [2.05, 4.69) is 6.92 Å². The molecule has 0 fully saturated rings. The average molecular weight is 268 g/mol. The second-order valence-corrected chi connectivity index (χ2v) is 2.47. The van der Waals surface area contributed by atoms with E-state index in [0.29, 0.717) is 0 Å². The van der Waals surface area contributed by atoms with Gasteiger partial charge in [0.25, 0.3) is 0 Å². The molecule has 0 aromatic carbocycles. The molecule has 0 N–H and O–H groups in total. The van der Waals surface area contributed by atoms with Gasteiger partial charge in [0, 0.05) is 0 Å². The van der Waals surface area contributed by atoms with Crippen molar-refractivity contribution in [2.75, 3.05) is 6.61 Å². The van der Waals surface area contributed by atoms with Crippen molar-refractivity contribution >= 4 is 0 Å².